The molecule has 0 fully saturated rings. The Bertz CT molecular complexity index is 641. The zero-order valence-corrected chi connectivity index (χ0v) is 12.4. The maximum Gasteiger partial charge on any atom is 0.192 e. The highest BCUT2D eigenvalue weighted by Gasteiger charge is 2.17. The summed E-state index contributed by atoms with van der Waals surface area (Å²) in [6, 6.07) is 6.13. The molecule has 0 saturated heterocycles. The van der Waals surface area contributed by atoms with Gasteiger partial charge in [0.25, 0.3) is 0 Å². The largest absolute Gasteiger partial charge is 0.441 e. The second-order valence-electron chi connectivity index (χ2n) is 6.09. The minimum absolute atomic E-state index is 0.705. The van der Waals surface area contributed by atoms with E-state index in [1.165, 1.54) is 18.4 Å². The summed E-state index contributed by atoms with van der Waals surface area (Å²) in [6.45, 7) is 7.45. The van der Waals surface area contributed by atoms with Gasteiger partial charge in [0, 0.05) is 19.2 Å². The zero-order valence-electron chi connectivity index (χ0n) is 12.4. The molecule has 0 saturated carbocycles. The van der Waals surface area contributed by atoms with Crippen LogP contribution in [0, 0.1) is 18.8 Å². The average Bonchev–Trinajstić information content (AvgIpc) is 2.74. The van der Waals surface area contributed by atoms with Crippen LogP contribution in [0.2, 0.25) is 0 Å². The van der Waals surface area contributed by atoms with Crippen LogP contribution in [-0.2, 0) is 0 Å². The van der Waals surface area contributed by atoms with Gasteiger partial charge in [-0.2, -0.15) is 0 Å². The molecule has 20 heavy (non-hydrogen) atoms. The van der Waals surface area contributed by atoms with Gasteiger partial charge in [-0.1, -0.05) is 18.6 Å². The molecule has 1 aromatic heterocycles. The van der Waals surface area contributed by atoms with E-state index in [-0.39, 0.29) is 0 Å². The lowest BCUT2D eigenvalue weighted by Gasteiger charge is -2.25. The van der Waals surface area contributed by atoms with Crippen molar-refractivity contribution in [3.63, 3.8) is 0 Å². The standard InChI is InChI=1S/C17H22N2O/c1-11-6-12(2)8-14(7-11)10-18-15-4-5-17-16(9-15)19-13(3)20-17/h4-6,9,11,14,18H,7-8,10H2,1-3H3. The fourth-order valence-electron chi connectivity index (χ4n) is 3.26. The number of nitrogens with one attached hydrogen (secondary N) is 1. The first-order valence-corrected chi connectivity index (χ1v) is 7.38. The molecule has 1 N–H and O–H groups in total. The van der Waals surface area contributed by atoms with E-state index < -0.39 is 0 Å². The van der Waals surface area contributed by atoms with Gasteiger partial charge in [-0.05, 0) is 49.8 Å². The first-order valence-electron chi connectivity index (χ1n) is 7.38. The summed E-state index contributed by atoms with van der Waals surface area (Å²) >= 11 is 0. The number of fused-ring (bicyclic) bond motifs is 1. The minimum Gasteiger partial charge on any atom is -0.441 e. The Morgan fingerprint density at radius 3 is 3.00 bits per heavy atom. The van der Waals surface area contributed by atoms with Gasteiger partial charge in [-0.3, -0.25) is 0 Å². The SMILES string of the molecule is CC1=CC(C)CC(CNc2ccc3oc(C)nc3c2)C1. The molecule has 3 heteroatoms. The van der Waals surface area contributed by atoms with Gasteiger partial charge in [0.05, 0.1) is 0 Å². The van der Waals surface area contributed by atoms with E-state index in [9.17, 15) is 0 Å². The second-order valence-corrected chi connectivity index (χ2v) is 6.09. The van der Waals surface area contributed by atoms with Gasteiger partial charge < -0.3 is 9.73 Å². The summed E-state index contributed by atoms with van der Waals surface area (Å²) in [5, 5.41) is 3.55. The molecular weight excluding hydrogens is 248 g/mol. The lowest BCUT2D eigenvalue weighted by molar-refractivity contribution is 0.421. The average molecular weight is 270 g/mol. The number of oxazole rings is 1. The molecule has 3 nitrogen and oxygen atoms in total. The summed E-state index contributed by atoms with van der Waals surface area (Å²) in [7, 11) is 0. The third-order valence-corrected chi connectivity index (χ3v) is 3.97. The van der Waals surface area contributed by atoms with Crippen LogP contribution in [0.1, 0.15) is 32.6 Å². The summed E-state index contributed by atoms with van der Waals surface area (Å²) in [5.41, 5.74) is 4.45. The lowest BCUT2D eigenvalue weighted by atomic mass is 9.84. The molecular formula is C17H22N2O. The fourth-order valence-corrected chi connectivity index (χ4v) is 3.26. The van der Waals surface area contributed by atoms with Crippen molar-refractivity contribution in [2.75, 3.05) is 11.9 Å². The third-order valence-electron chi connectivity index (χ3n) is 3.97. The molecule has 1 heterocycles. The highest BCUT2D eigenvalue weighted by Crippen LogP contribution is 2.28. The maximum absolute atomic E-state index is 5.50. The molecule has 0 radical (unpaired) electrons. The topological polar surface area (TPSA) is 38.1 Å². The number of benzene rings is 1. The fraction of sp³-hybridized carbons (Fsp3) is 0.471. The number of rotatable bonds is 3. The highest BCUT2D eigenvalue weighted by molar-refractivity contribution is 5.77. The third kappa shape index (κ3) is 2.87. The van der Waals surface area contributed by atoms with E-state index in [2.05, 4.69) is 42.4 Å². The van der Waals surface area contributed by atoms with Crippen LogP contribution in [0.4, 0.5) is 5.69 Å². The Morgan fingerprint density at radius 2 is 2.20 bits per heavy atom. The smallest absolute Gasteiger partial charge is 0.192 e. The molecule has 1 aromatic carbocycles. The molecule has 0 amide bonds. The van der Waals surface area contributed by atoms with E-state index in [1.807, 2.05) is 13.0 Å². The maximum atomic E-state index is 5.50. The molecule has 0 spiro atoms. The van der Waals surface area contributed by atoms with Crippen molar-refractivity contribution in [2.45, 2.75) is 33.6 Å². The molecule has 1 aliphatic carbocycles. The Morgan fingerprint density at radius 1 is 1.35 bits per heavy atom. The van der Waals surface area contributed by atoms with Crippen LogP contribution < -0.4 is 5.32 Å². The van der Waals surface area contributed by atoms with E-state index in [1.54, 1.807) is 0 Å². The number of hydrogen-bond donors (Lipinski definition) is 1. The van der Waals surface area contributed by atoms with E-state index in [0.717, 1.165) is 35.1 Å². The number of nitrogens with zero attached hydrogens (tertiary/aromatic N) is 1. The molecule has 1 aliphatic rings. The molecule has 2 atom stereocenters. The molecule has 0 bridgehead atoms. The number of aromatic nitrogens is 1. The van der Waals surface area contributed by atoms with E-state index in [4.69, 9.17) is 4.42 Å². The van der Waals surface area contributed by atoms with E-state index >= 15 is 0 Å². The highest BCUT2D eigenvalue weighted by atomic mass is 16.3. The van der Waals surface area contributed by atoms with Crippen molar-refractivity contribution >= 4 is 16.8 Å². The Balaban J connectivity index is 1.66. The first kappa shape index (κ1) is 13.2. The van der Waals surface area contributed by atoms with E-state index in [0.29, 0.717) is 5.92 Å². The van der Waals surface area contributed by atoms with Crippen molar-refractivity contribution in [1.29, 1.82) is 0 Å². The molecule has 2 unspecified atom stereocenters. The van der Waals surface area contributed by atoms with Crippen LogP contribution in [0.15, 0.2) is 34.3 Å². The lowest BCUT2D eigenvalue weighted by Crippen LogP contribution is -2.20. The van der Waals surface area contributed by atoms with Crippen molar-refractivity contribution in [3.05, 3.63) is 35.7 Å². The minimum atomic E-state index is 0.705. The molecule has 3 rings (SSSR count). The van der Waals surface area contributed by atoms with Gasteiger partial charge in [-0.25, -0.2) is 4.98 Å². The Labute approximate surface area is 120 Å². The van der Waals surface area contributed by atoms with Gasteiger partial charge >= 0.3 is 0 Å². The monoisotopic (exact) mass is 270 g/mol. The van der Waals surface area contributed by atoms with Crippen LogP contribution in [0.3, 0.4) is 0 Å². The van der Waals surface area contributed by atoms with Crippen LogP contribution in [-0.4, -0.2) is 11.5 Å². The molecule has 106 valence electrons. The van der Waals surface area contributed by atoms with Crippen molar-refractivity contribution < 1.29 is 4.42 Å². The summed E-state index contributed by atoms with van der Waals surface area (Å²) in [6.07, 6.45) is 4.89. The first-order chi connectivity index (χ1) is 9.60. The van der Waals surface area contributed by atoms with Crippen LogP contribution in [0.25, 0.3) is 11.1 Å². The van der Waals surface area contributed by atoms with Gasteiger partial charge in [-0.15, -0.1) is 0 Å². The molecule has 2 aromatic rings. The summed E-state index contributed by atoms with van der Waals surface area (Å²) < 4.78 is 5.50. The molecule has 0 aliphatic heterocycles. The number of hydrogen-bond acceptors (Lipinski definition) is 3. The number of allylic oxidation sites excluding steroid dienone is 2. The summed E-state index contributed by atoms with van der Waals surface area (Å²) in [4.78, 5) is 4.38. The van der Waals surface area contributed by atoms with Gasteiger partial charge in [0.1, 0.15) is 5.52 Å². The predicted molar refractivity (Wildman–Crippen MR) is 82.9 cm³/mol. The van der Waals surface area contributed by atoms with Crippen LogP contribution in [0.5, 0.6) is 0 Å². The van der Waals surface area contributed by atoms with Gasteiger partial charge in [0.15, 0.2) is 11.5 Å². The van der Waals surface area contributed by atoms with Crippen molar-refractivity contribution in [2.24, 2.45) is 11.8 Å². The Kier molecular flexibility index (Phi) is 3.51. The predicted octanol–water partition coefficient (Wildman–Crippen LogP) is 4.54. The summed E-state index contributed by atoms with van der Waals surface area (Å²) in [5.74, 6) is 2.15. The second kappa shape index (κ2) is 5.31. The van der Waals surface area contributed by atoms with Gasteiger partial charge in [0.2, 0.25) is 0 Å². The number of anilines is 1. The van der Waals surface area contributed by atoms with Crippen LogP contribution >= 0.6 is 0 Å². The quantitative estimate of drug-likeness (QED) is 0.832. The normalized spacial score (nSPS) is 22.9. The van der Waals surface area contributed by atoms with Crippen molar-refractivity contribution in [1.82, 2.24) is 4.98 Å². The zero-order chi connectivity index (χ0) is 14.1. The Hall–Kier alpha value is -1.77. The number of aryl methyl sites for hydroxylation is 1. The van der Waals surface area contributed by atoms with Crippen molar-refractivity contribution in [3.8, 4) is 0 Å².